The van der Waals surface area contributed by atoms with Gasteiger partial charge in [0.05, 0.1) is 25.7 Å². The lowest BCUT2D eigenvalue weighted by Gasteiger charge is -2.37. The Morgan fingerprint density at radius 3 is 2.67 bits per heavy atom. The smallest absolute Gasteiger partial charge is 0.324 e. The number of benzene rings is 1. The van der Waals surface area contributed by atoms with Gasteiger partial charge >= 0.3 is 12.0 Å². The monoisotopic (exact) mass is 292 g/mol. The van der Waals surface area contributed by atoms with Gasteiger partial charge in [0.1, 0.15) is 0 Å². The second kappa shape index (κ2) is 6.58. The van der Waals surface area contributed by atoms with Crippen molar-refractivity contribution in [2.45, 2.75) is 19.4 Å². The van der Waals surface area contributed by atoms with Gasteiger partial charge in [-0.1, -0.05) is 17.7 Å². The molecular formula is C15H20N2O4. The van der Waals surface area contributed by atoms with Gasteiger partial charge in [0, 0.05) is 19.3 Å². The van der Waals surface area contributed by atoms with Gasteiger partial charge in [-0.15, -0.1) is 0 Å². The number of carboxylic acids is 1. The molecule has 2 amide bonds. The first kappa shape index (κ1) is 15.3. The van der Waals surface area contributed by atoms with Crippen LogP contribution in [0.1, 0.15) is 12.0 Å². The number of amides is 2. The SMILES string of the molecule is Cc1ccc(N(C)C(=O)N2CCOCC2CC(=O)O)cc1. The molecule has 1 saturated heterocycles. The Morgan fingerprint density at radius 1 is 1.38 bits per heavy atom. The largest absolute Gasteiger partial charge is 0.481 e. The van der Waals surface area contributed by atoms with E-state index in [0.29, 0.717) is 13.2 Å². The molecule has 1 aliphatic rings. The molecule has 0 saturated carbocycles. The highest BCUT2D eigenvalue weighted by Crippen LogP contribution is 2.18. The number of anilines is 1. The van der Waals surface area contributed by atoms with Crippen molar-refractivity contribution >= 4 is 17.7 Å². The summed E-state index contributed by atoms with van der Waals surface area (Å²) < 4.78 is 5.29. The molecule has 6 nitrogen and oxygen atoms in total. The molecule has 1 aromatic rings. The van der Waals surface area contributed by atoms with Crippen LogP contribution in [-0.4, -0.2) is 54.9 Å². The molecular weight excluding hydrogens is 272 g/mol. The highest BCUT2D eigenvalue weighted by Gasteiger charge is 2.31. The number of morpholine rings is 1. The first-order valence-corrected chi connectivity index (χ1v) is 6.89. The van der Waals surface area contributed by atoms with Crippen molar-refractivity contribution in [2.75, 3.05) is 31.7 Å². The van der Waals surface area contributed by atoms with Crippen LogP contribution in [0.25, 0.3) is 0 Å². The number of hydrogen-bond acceptors (Lipinski definition) is 3. The lowest BCUT2D eigenvalue weighted by molar-refractivity contribution is -0.139. The van der Waals surface area contributed by atoms with Gasteiger partial charge in [-0.2, -0.15) is 0 Å². The van der Waals surface area contributed by atoms with Crippen molar-refractivity contribution in [1.82, 2.24) is 4.90 Å². The second-order valence-electron chi connectivity index (χ2n) is 5.20. The third-order valence-corrected chi connectivity index (χ3v) is 3.59. The van der Waals surface area contributed by atoms with Gasteiger partial charge in [-0.25, -0.2) is 4.79 Å². The second-order valence-corrected chi connectivity index (χ2v) is 5.20. The van der Waals surface area contributed by atoms with Crippen LogP contribution < -0.4 is 4.90 Å². The summed E-state index contributed by atoms with van der Waals surface area (Å²) >= 11 is 0. The van der Waals surface area contributed by atoms with E-state index in [1.807, 2.05) is 31.2 Å². The Kier molecular flexibility index (Phi) is 4.80. The van der Waals surface area contributed by atoms with E-state index in [0.717, 1.165) is 11.3 Å². The first-order chi connectivity index (χ1) is 9.99. The predicted octanol–water partition coefficient (Wildman–Crippen LogP) is 1.73. The zero-order valence-corrected chi connectivity index (χ0v) is 12.3. The summed E-state index contributed by atoms with van der Waals surface area (Å²) in [7, 11) is 1.69. The van der Waals surface area contributed by atoms with E-state index in [-0.39, 0.29) is 19.1 Å². The van der Waals surface area contributed by atoms with Crippen LogP contribution in [0.15, 0.2) is 24.3 Å². The van der Waals surface area contributed by atoms with E-state index in [2.05, 4.69) is 0 Å². The van der Waals surface area contributed by atoms with Gasteiger partial charge in [-0.05, 0) is 19.1 Å². The molecule has 0 radical (unpaired) electrons. The summed E-state index contributed by atoms with van der Waals surface area (Å²) in [5.74, 6) is -0.929. The lowest BCUT2D eigenvalue weighted by atomic mass is 10.1. The molecule has 0 bridgehead atoms. The highest BCUT2D eigenvalue weighted by molar-refractivity contribution is 5.92. The zero-order chi connectivity index (χ0) is 15.4. The topological polar surface area (TPSA) is 70.1 Å². The number of hydrogen-bond donors (Lipinski definition) is 1. The number of rotatable bonds is 3. The van der Waals surface area contributed by atoms with Gasteiger partial charge < -0.3 is 14.7 Å². The third kappa shape index (κ3) is 3.72. The number of carboxylic acid groups (broad SMARTS) is 1. The average Bonchev–Trinajstić information content (AvgIpc) is 2.46. The lowest BCUT2D eigenvalue weighted by Crippen LogP contribution is -2.53. The normalized spacial score (nSPS) is 18.4. The fraction of sp³-hybridized carbons (Fsp3) is 0.467. The van der Waals surface area contributed by atoms with Crippen molar-refractivity contribution < 1.29 is 19.4 Å². The summed E-state index contributed by atoms with van der Waals surface area (Å²) in [6, 6.07) is 7.00. The zero-order valence-electron chi connectivity index (χ0n) is 12.3. The Labute approximate surface area is 123 Å². The summed E-state index contributed by atoms with van der Waals surface area (Å²) in [6.45, 7) is 3.09. The molecule has 1 heterocycles. The van der Waals surface area contributed by atoms with Crippen LogP contribution in [0.3, 0.4) is 0 Å². The molecule has 1 aromatic carbocycles. The van der Waals surface area contributed by atoms with E-state index in [1.165, 1.54) is 0 Å². The number of carbonyl (C=O) groups excluding carboxylic acids is 1. The summed E-state index contributed by atoms with van der Waals surface area (Å²) in [6.07, 6.45) is -0.104. The molecule has 1 atom stereocenters. The standard InChI is InChI=1S/C15H20N2O4/c1-11-3-5-12(6-4-11)16(2)15(20)17-7-8-21-10-13(17)9-14(18)19/h3-6,13H,7-10H2,1-2H3,(H,18,19). The van der Waals surface area contributed by atoms with Crippen LogP contribution in [0.2, 0.25) is 0 Å². The van der Waals surface area contributed by atoms with Crippen molar-refractivity contribution in [3.05, 3.63) is 29.8 Å². The summed E-state index contributed by atoms with van der Waals surface area (Å²) in [5.41, 5.74) is 1.90. The fourth-order valence-electron chi connectivity index (χ4n) is 2.35. The summed E-state index contributed by atoms with van der Waals surface area (Å²) in [5, 5.41) is 8.94. The van der Waals surface area contributed by atoms with Crippen LogP contribution in [0.4, 0.5) is 10.5 Å². The Hall–Kier alpha value is -2.08. The Balaban J connectivity index is 2.12. The van der Waals surface area contributed by atoms with E-state index in [9.17, 15) is 9.59 Å². The maximum absolute atomic E-state index is 12.6. The minimum Gasteiger partial charge on any atom is -0.481 e. The van der Waals surface area contributed by atoms with Crippen LogP contribution in [-0.2, 0) is 9.53 Å². The van der Waals surface area contributed by atoms with Crippen molar-refractivity contribution in [3.63, 3.8) is 0 Å². The Morgan fingerprint density at radius 2 is 2.05 bits per heavy atom. The van der Waals surface area contributed by atoms with Crippen LogP contribution in [0, 0.1) is 6.92 Å². The number of aryl methyl sites for hydroxylation is 1. The third-order valence-electron chi connectivity index (χ3n) is 3.59. The van der Waals surface area contributed by atoms with Crippen LogP contribution >= 0.6 is 0 Å². The average molecular weight is 292 g/mol. The molecule has 6 heteroatoms. The molecule has 21 heavy (non-hydrogen) atoms. The number of carbonyl (C=O) groups is 2. The number of ether oxygens (including phenoxy) is 1. The molecule has 1 fully saturated rings. The molecule has 1 N–H and O–H groups in total. The Bertz CT molecular complexity index is 515. The first-order valence-electron chi connectivity index (χ1n) is 6.89. The molecule has 2 rings (SSSR count). The van der Waals surface area contributed by atoms with E-state index >= 15 is 0 Å². The quantitative estimate of drug-likeness (QED) is 0.921. The number of nitrogens with zero attached hydrogens (tertiary/aromatic N) is 2. The maximum atomic E-state index is 12.6. The molecule has 1 unspecified atom stereocenters. The minimum atomic E-state index is -0.929. The molecule has 0 spiro atoms. The maximum Gasteiger partial charge on any atom is 0.324 e. The van der Waals surface area contributed by atoms with Crippen LogP contribution in [0.5, 0.6) is 0 Å². The minimum absolute atomic E-state index is 0.104. The van der Waals surface area contributed by atoms with E-state index in [1.54, 1.807) is 16.8 Å². The molecule has 1 aliphatic heterocycles. The van der Waals surface area contributed by atoms with E-state index in [4.69, 9.17) is 9.84 Å². The summed E-state index contributed by atoms with van der Waals surface area (Å²) in [4.78, 5) is 26.6. The van der Waals surface area contributed by atoms with E-state index < -0.39 is 12.0 Å². The van der Waals surface area contributed by atoms with Crippen molar-refractivity contribution in [3.8, 4) is 0 Å². The predicted molar refractivity (Wildman–Crippen MR) is 78.5 cm³/mol. The number of aliphatic carboxylic acids is 1. The molecule has 0 aliphatic carbocycles. The molecule has 114 valence electrons. The van der Waals surface area contributed by atoms with Crippen molar-refractivity contribution in [1.29, 1.82) is 0 Å². The van der Waals surface area contributed by atoms with Gasteiger partial charge in [0.25, 0.3) is 0 Å². The van der Waals surface area contributed by atoms with Gasteiger partial charge in [0.15, 0.2) is 0 Å². The van der Waals surface area contributed by atoms with Gasteiger partial charge in [-0.3, -0.25) is 9.69 Å². The highest BCUT2D eigenvalue weighted by atomic mass is 16.5. The fourth-order valence-corrected chi connectivity index (χ4v) is 2.35. The number of urea groups is 1. The molecule has 0 aromatic heterocycles. The van der Waals surface area contributed by atoms with Crippen molar-refractivity contribution in [2.24, 2.45) is 0 Å². The van der Waals surface area contributed by atoms with Gasteiger partial charge in [0.2, 0.25) is 0 Å².